The molecule has 0 radical (unpaired) electrons. The Hall–Kier alpha value is -1.92. The van der Waals surface area contributed by atoms with Crippen molar-refractivity contribution in [2.24, 2.45) is 0 Å². The van der Waals surface area contributed by atoms with Crippen LogP contribution >= 0.6 is 0 Å². The highest BCUT2D eigenvalue weighted by molar-refractivity contribution is 5.76. The molecule has 0 aromatic carbocycles. The van der Waals surface area contributed by atoms with Crippen LogP contribution in [0.4, 0.5) is 0 Å². The van der Waals surface area contributed by atoms with Gasteiger partial charge in [-0.25, -0.2) is 0 Å². The van der Waals surface area contributed by atoms with Crippen molar-refractivity contribution in [3.63, 3.8) is 0 Å². The van der Waals surface area contributed by atoms with Crippen LogP contribution in [-0.4, -0.2) is 47.4 Å². The summed E-state index contributed by atoms with van der Waals surface area (Å²) in [6, 6.07) is -0.626. The Morgan fingerprint density at radius 1 is 0.368 bits per heavy atom. The minimum Gasteiger partial charge on any atom is -0.466 e. The number of esters is 1. The third-order valence-electron chi connectivity index (χ3n) is 15.9. The van der Waals surface area contributed by atoms with Crippen molar-refractivity contribution >= 4 is 11.9 Å². The van der Waals surface area contributed by atoms with Gasteiger partial charge >= 0.3 is 5.97 Å². The Kier molecular flexibility index (Phi) is 63.9. The fourth-order valence-corrected chi connectivity index (χ4v) is 10.7. The molecule has 0 heterocycles. The predicted octanol–water partition coefficient (Wildman–Crippen LogP) is 21.9. The topological polar surface area (TPSA) is 95.9 Å². The lowest BCUT2D eigenvalue weighted by atomic mass is 10.0. The Morgan fingerprint density at radius 2 is 0.671 bits per heavy atom. The number of carbonyl (C=O) groups is 2. The van der Waals surface area contributed by atoms with Gasteiger partial charge in [0.05, 0.1) is 25.4 Å². The second-order valence-corrected chi connectivity index (χ2v) is 23.5. The second-order valence-electron chi connectivity index (χ2n) is 23.5. The summed E-state index contributed by atoms with van der Waals surface area (Å²) < 4.78 is 5.48. The van der Waals surface area contributed by atoms with E-state index in [2.05, 4.69) is 43.5 Å². The molecule has 0 saturated carbocycles. The summed E-state index contributed by atoms with van der Waals surface area (Å²) in [7, 11) is 0. The van der Waals surface area contributed by atoms with Crippen molar-refractivity contribution in [2.45, 2.75) is 386 Å². The van der Waals surface area contributed by atoms with Gasteiger partial charge in [-0.2, -0.15) is 0 Å². The molecule has 448 valence electrons. The highest BCUT2D eigenvalue weighted by atomic mass is 16.5. The number of allylic oxidation sites excluding steroid dienone is 5. The van der Waals surface area contributed by atoms with Gasteiger partial charge < -0.3 is 20.3 Å². The SMILES string of the molecule is CCCC/C=C\C/C=C\CCCCCCCC(=O)OCCCCCCCCCCCCCCCCCCCCCCCCCCCCCCC(=O)NC(CO)C(O)/C=C/CCCCCCCCCCCCCCCCC. The molecule has 0 spiro atoms. The maximum absolute atomic E-state index is 12.5. The van der Waals surface area contributed by atoms with Gasteiger partial charge in [0.2, 0.25) is 5.91 Å². The van der Waals surface area contributed by atoms with Gasteiger partial charge in [-0.15, -0.1) is 0 Å². The van der Waals surface area contributed by atoms with Crippen LogP contribution in [0, 0.1) is 0 Å². The zero-order chi connectivity index (χ0) is 55.0. The van der Waals surface area contributed by atoms with Crippen molar-refractivity contribution < 1.29 is 24.5 Å². The second kappa shape index (κ2) is 65.6. The van der Waals surface area contributed by atoms with E-state index in [0.29, 0.717) is 19.4 Å². The minimum atomic E-state index is -0.843. The molecule has 0 aliphatic carbocycles. The Labute approximate surface area is 474 Å². The lowest BCUT2D eigenvalue weighted by molar-refractivity contribution is -0.143. The van der Waals surface area contributed by atoms with Gasteiger partial charge in [-0.1, -0.05) is 339 Å². The highest BCUT2D eigenvalue weighted by Gasteiger charge is 2.18. The van der Waals surface area contributed by atoms with Crippen LogP contribution in [0.15, 0.2) is 36.5 Å². The summed E-state index contributed by atoms with van der Waals surface area (Å²) in [6.07, 6.45) is 83.6. The molecule has 0 saturated heterocycles. The molecule has 6 heteroatoms. The van der Waals surface area contributed by atoms with E-state index in [1.165, 1.54) is 295 Å². The van der Waals surface area contributed by atoms with E-state index in [9.17, 15) is 19.8 Å². The van der Waals surface area contributed by atoms with Gasteiger partial charge in [-0.05, 0) is 57.8 Å². The lowest BCUT2D eigenvalue weighted by Crippen LogP contribution is -2.45. The number of aliphatic hydroxyl groups excluding tert-OH is 2. The molecule has 0 rings (SSSR count). The summed E-state index contributed by atoms with van der Waals surface area (Å²) in [5.41, 5.74) is 0. The zero-order valence-electron chi connectivity index (χ0n) is 51.3. The van der Waals surface area contributed by atoms with Crippen LogP contribution in [0.3, 0.4) is 0 Å². The number of rotatable bonds is 64. The van der Waals surface area contributed by atoms with Crippen molar-refractivity contribution in [3.8, 4) is 0 Å². The summed E-state index contributed by atoms with van der Waals surface area (Å²) >= 11 is 0. The monoisotopic (exact) mass is 1070 g/mol. The number of carbonyl (C=O) groups excluding carboxylic acids is 2. The molecular weight excluding hydrogens is 935 g/mol. The molecule has 6 nitrogen and oxygen atoms in total. The number of unbranched alkanes of at least 4 members (excludes halogenated alkanes) is 49. The molecule has 0 aliphatic rings. The van der Waals surface area contributed by atoms with Crippen molar-refractivity contribution in [1.29, 1.82) is 0 Å². The normalized spacial score (nSPS) is 12.7. The molecule has 0 aliphatic heterocycles. The average Bonchev–Trinajstić information content (AvgIpc) is 3.42. The number of amides is 1. The van der Waals surface area contributed by atoms with E-state index in [1.54, 1.807) is 6.08 Å². The predicted molar refractivity (Wildman–Crippen MR) is 333 cm³/mol. The molecule has 1 amide bonds. The third kappa shape index (κ3) is 61.3. The van der Waals surface area contributed by atoms with E-state index >= 15 is 0 Å². The first-order valence-corrected chi connectivity index (χ1v) is 34.3. The number of hydrogen-bond donors (Lipinski definition) is 3. The molecule has 0 fully saturated rings. The zero-order valence-corrected chi connectivity index (χ0v) is 51.3. The molecule has 0 bridgehead atoms. The average molecular weight is 1070 g/mol. The van der Waals surface area contributed by atoms with Crippen LogP contribution < -0.4 is 5.32 Å². The van der Waals surface area contributed by atoms with E-state index in [1.807, 2.05) is 6.08 Å². The molecule has 76 heavy (non-hydrogen) atoms. The Balaban J connectivity index is 3.37. The molecule has 0 aromatic heterocycles. The third-order valence-corrected chi connectivity index (χ3v) is 15.9. The number of ether oxygens (including phenoxy) is 1. The fraction of sp³-hybridized carbons (Fsp3) is 0.886. The van der Waals surface area contributed by atoms with Gasteiger partial charge in [0.15, 0.2) is 0 Å². The molecule has 0 aromatic rings. The van der Waals surface area contributed by atoms with Crippen LogP contribution in [0.25, 0.3) is 0 Å². The molecule has 2 atom stereocenters. The minimum absolute atomic E-state index is 0.00401. The maximum atomic E-state index is 12.5. The number of aliphatic hydroxyl groups is 2. The quantitative estimate of drug-likeness (QED) is 0.0320. The summed E-state index contributed by atoms with van der Waals surface area (Å²) in [4.78, 5) is 24.5. The lowest BCUT2D eigenvalue weighted by Gasteiger charge is -2.20. The van der Waals surface area contributed by atoms with Crippen molar-refractivity contribution in [1.82, 2.24) is 5.32 Å². The summed E-state index contributed by atoms with van der Waals surface area (Å²) in [5, 5.41) is 23.2. The fourth-order valence-electron chi connectivity index (χ4n) is 10.7. The molecular formula is C70H133NO5. The van der Waals surface area contributed by atoms with Crippen LogP contribution in [0.2, 0.25) is 0 Å². The summed E-state index contributed by atoms with van der Waals surface area (Å²) in [6.45, 7) is 4.89. The first kappa shape index (κ1) is 74.1. The largest absolute Gasteiger partial charge is 0.466 e. The van der Waals surface area contributed by atoms with E-state index < -0.39 is 12.1 Å². The van der Waals surface area contributed by atoms with Gasteiger partial charge in [0.25, 0.3) is 0 Å². The Bertz CT molecular complexity index is 1230. The summed E-state index contributed by atoms with van der Waals surface area (Å²) in [5.74, 6) is -0.0583. The van der Waals surface area contributed by atoms with E-state index in [4.69, 9.17) is 4.74 Å². The number of nitrogens with one attached hydrogen (secondary N) is 1. The smallest absolute Gasteiger partial charge is 0.305 e. The van der Waals surface area contributed by atoms with E-state index in [-0.39, 0.29) is 18.5 Å². The van der Waals surface area contributed by atoms with Crippen molar-refractivity contribution in [2.75, 3.05) is 13.2 Å². The highest BCUT2D eigenvalue weighted by Crippen LogP contribution is 2.18. The first-order chi connectivity index (χ1) is 37.5. The van der Waals surface area contributed by atoms with Gasteiger partial charge in [0.1, 0.15) is 0 Å². The van der Waals surface area contributed by atoms with Gasteiger partial charge in [0, 0.05) is 12.8 Å². The van der Waals surface area contributed by atoms with Crippen molar-refractivity contribution in [3.05, 3.63) is 36.5 Å². The number of hydrogen-bond acceptors (Lipinski definition) is 5. The van der Waals surface area contributed by atoms with Gasteiger partial charge in [-0.3, -0.25) is 9.59 Å². The van der Waals surface area contributed by atoms with E-state index in [0.717, 1.165) is 51.4 Å². The van der Waals surface area contributed by atoms with Crippen LogP contribution in [0.5, 0.6) is 0 Å². The molecule has 2 unspecified atom stereocenters. The molecule has 3 N–H and O–H groups in total. The first-order valence-electron chi connectivity index (χ1n) is 34.3. The van der Waals surface area contributed by atoms with Crippen LogP contribution in [0.1, 0.15) is 373 Å². The Morgan fingerprint density at radius 3 is 1.04 bits per heavy atom. The maximum Gasteiger partial charge on any atom is 0.305 e. The van der Waals surface area contributed by atoms with Crippen LogP contribution in [-0.2, 0) is 14.3 Å². The standard InChI is InChI=1S/C70H133NO5/c1-3-5-7-9-11-13-15-17-19-32-35-38-42-46-50-54-58-62-68(73)67(66-72)71-69(74)63-59-55-51-47-43-39-36-33-30-28-26-24-22-20-21-23-25-27-29-31-34-37-41-45-49-53-57-61-65-76-70(75)64-60-56-52-48-44-40-18-16-14-12-10-8-6-4-2/h10,12,16,18,58,62,67-68,72-73H,3-9,11,13-15,17,19-57,59-61,63-66H2,1-2H3,(H,71,74)/b12-10-,18-16-,62-58+.